The molecule has 5 nitrogen and oxygen atoms in total. The van der Waals surface area contributed by atoms with Gasteiger partial charge in [0.2, 0.25) is 0 Å². The van der Waals surface area contributed by atoms with Gasteiger partial charge in [0.15, 0.2) is 0 Å². The fourth-order valence-electron chi connectivity index (χ4n) is 2.74. The summed E-state index contributed by atoms with van der Waals surface area (Å²) < 4.78 is 0. The molecule has 2 rings (SSSR count). The van der Waals surface area contributed by atoms with Crippen molar-refractivity contribution in [2.45, 2.75) is 19.8 Å². The van der Waals surface area contributed by atoms with Gasteiger partial charge in [0, 0.05) is 37.8 Å². The highest BCUT2D eigenvalue weighted by molar-refractivity contribution is 5.95. The number of likely N-dealkylation sites (N-methyl/N-ethyl adjacent to an activating group) is 1. The topological polar surface area (TPSA) is 60.9 Å². The highest BCUT2D eigenvalue weighted by atomic mass is 16.4. The van der Waals surface area contributed by atoms with Crippen LogP contribution in [0.2, 0.25) is 0 Å². The Hall–Kier alpha value is -2.14. The summed E-state index contributed by atoms with van der Waals surface area (Å²) in [5.74, 6) is -0.894. The van der Waals surface area contributed by atoms with Crippen molar-refractivity contribution in [1.82, 2.24) is 9.80 Å². The molecule has 1 aromatic rings. The number of carbonyl (C=O) groups excluding carboxylic acids is 1. The van der Waals surface area contributed by atoms with Crippen LogP contribution in [-0.2, 0) is 4.79 Å². The third-order valence-electron chi connectivity index (χ3n) is 4.11. The minimum atomic E-state index is -0.939. The van der Waals surface area contributed by atoms with E-state index in [0.29, 0.717) is 12.0 Å². The largest absolute Gasteiger partial charge is 0.478 e. The highest BCUT2D eigenvalue weighted by Crippen LogP contribution is 2.21. The van der Waals surface area contributed by atoms with E-state index >= 15 is 0 Å². The molecule has 5 heteroatoms. The van der Waals surface area contributed by atoms with Crippen molar-refractivity contribution in [3.05, 3.63) is 41.5 Å². The van der Waals surface area contributed by atoms with Crippen LogP contribution in [0.25, 0.3) is 5.57 Å². The van der Waals surface area contributed by atoms with E-state index in [9.17, 15) is 9.59 Å². The first-order valence-corrected chi connectivity index (χ1v) is 8.03. The van der Waals surface area contributed by atoms with Gasteiger partial charge in [0.25, 0.3) is 5.91 Å². The van der Waals surface area contributed by atoms with E-state index in [1.54, 1.807) is 12.1 Å². The van der Waals surface area contributed by atoms with Crippen LogP contribution in [-0.4, -0.2) is 60.0 Å². The molecule has 1 N–H and O–H groups in total. The maximum Gasteiger partial charge on any atom is 0.328 e. The van der Waals surface area contributed by atoms with Crippen molar-refractivity contribution in [2.75, 3.05) is 33.2 Å². The zero-order valence-electron chi connectivity index (χ0n) is 13.8. The van der Waals surface area contributed by atoms with Crippen LogP contribution >= 0.6 is 0 Å². The smallest absolute Gasteiger partial charge is 0.328 e. The first kappa shape index (κ1) is 17.2. The molecule has 1 amide bonds. The van der Waals surface area contributed by atoms with Gasteiger partial charge in [-0.2, -0.15) is 0 Å². The molecular weight excluding hydrogens is 292 g/mol. The second kappa shape index (κ2) is 7.92. The van der Waals surface area contributed by atoms with Gasteiger partial charge in [-0.05, 0) is 36.7 Å². The normalized spacial score (nSPS) is 16.4. The lowest BCUT2D eigenvalue weighted by Crippen LogP contribution is -2.47. The molecule has 0 saturated carbocycles. The third kappa shape index (κ3) is 4.66. The van der Waals surface area contributed by atoms with Crippen LogP contribution < -0.4 is 0 Å². The predicted molar refractivity (Wildman–Crippen MR) is 90.4 cm³/mol. The van der Waals surface area contributed by atoms with Crippen LogP contribution in [0.1, 0.15) is 35.7 Å². The van der Waals surface area contributed by atoms with Gasteiger partial charge in [-0.3, -0.25) is 4.79 Å². The Morgan fingerprint density at radius 2 is 1.65 bits per heavy atom. The number of benzene rings is 1. The van der Waals surface area contributed by atoms with Gasteiger partial charge in [0.05, 0.1) is 0 Å². The Bertz CT molecular complexity index is 585. The van der Waals surface area contributed by atoms with Crippen molar-refractivity contribution in [1.29, 1.82) is 0 Å². The average molecular weight is 316 g/mol. The summed E-state index contributed by atoms with van der Waals surface area (Å²) in [5, 5.41) is 8.97. The summed E-state index contributed by atoms with van der Waals surface area (Å²) in [4.78, 5) is 27.5. The van der Waals surface area contributed by atoms with E-state index in [2.05, 4.69) is 11.9 Å². The number of hydrogen-bond donors (Lipinski definition) is 1. The van der Waals surface area contributed by atoms with Crippen LogP contribution in [0, 0.1) is 0 Å². The number of amides is 1. The Labute approximate surface area is 137 Å². The lowest BCUT2D eigenvalue weighted by Gasteiger charge is -2.32. The quantitative estimate of drug-likeness (QED) is 0.847. The van der Waals surface area contributed by atoms with Crippen molar-refractivity contribution >= 4 is 17.4 Å². The molecule has 1 aromatic carbocycles. The second-order valence-electron chi connectivity index (χ2n) is 5.93. The van der Waals surface area contributed by atoms with Gasteiger partial charge in [-0.15, -0.1) is 0 Å². The van der Waals surface area contributed by atoms with Crippen LogP contribution in [0.5, 0.6) is 0 Å². The number of carboxylic acid groups (broad SMARTS) is 1. The molecule has 1 saturated heterocycles. The summed E-state index contributed by atoms with van der Waals surface area (Å²) in [6.07, 6.45) is 2.83. The number of hydrogen-bond acceptors (Lipinski definition) is 3. The van der Waals surface area contributed by atoms with E-state index in [0.717, 1.165) is 43.7 Å². The maximum atomic E-state index is 12.5. The molecule has 0 atom stereocenters. The molecule has 0 aromatic heterocycles. The fraction of sp³-hybridized carbons (Fsp3) is 0.444. The number of carboxylic acids is 1. The summed E-state index contributed by atoms with van der Waals surface area (Å²) in [6, 6.07) is 7.27. The van der Waals surface area contributed by atoms with E-state index < -0.39 is 5.97 Å². The Morgan fingerprint density at radius 3 is 2.17 bits per heavy atom. The van der Waals surface area contributed by atoms with Gasteiger partial charge in [-0.25, -0.2) is 4.79 Å². The number of allylic oxidation sites excluding steroid dienone is 1. The number of rotatable bonds is 5. The van der Waals surface area contributed by atoms with E-state index in [4.69, 9.17) is 5.11 Å². The molecule has 0 unspecified atom stereocenters. The van der Waals surface area contributed by atoms with E-state index in [1.165, 1.54) is 6.08 Å². The predicted octanol–water partition coefficient (Wildman–Crippen LogP) is 2.34. The lowest BCUT2D eigenvalue weighted by molar-refractivity contribution is -0.131. The van der Waals surface area contributed by atoms with Gasteiger partial charge in [0.1, 0.15) is 0 Å². The number of piperazine rings is 1. The Kier molecular flexibility index (Phi) is 5.93. The molecular formula is C18H24N2O3. The van der Waals surface area contributed by atoms with Crippen LogP contribution in [0.15, 0.2) is 30.3 Å². The SMILES string of the molecule is CCC/C(=C\C(=O)O)c1ccc(C(=O)N2CCN(C)CC2)cc1. The molecule has 0 radical (unpaired) electrons. The van der Waals surface area contributed by atoms with Crippen molar-refractivity contribution in [2.24, 2.45) is 0 Å². The highest BCUT2D eigenvalue weighted by Gasteiger charge is 2.20. The van der Waals surface area contributed by atoms with Crippen molar-refractivity contribution < 1.29 is 14.7 Å². The van der Waals surface area contributed by atoms with Crippen molar-refractivity contribution in [3.8, 4) is 0 Å². The van der Waals surface area contributed by atoms with Gasteiger partial charge < -0.3 is 14.9 Å². The first-order valence-electron chi connectivity index (χ1n) is 8.03. The second-order valence-corrected chi connectivity index (χ2v) is 5.93. The average Bonchev–Trinajstić information content (AvgIpc) is 2.54. The molecule has 0 aliphatic carbocycles. The maximum absolute atomic E-state index is 12.5. The molecule has 1 fully saturated rings. The summed E-state index contributed by atoms with van der Waals surface area (Å²) in [7, 11) is 2.06. The van der Waals surface area contributed by atoms with Crippen LogP contribution in [0.4, 0.5) is 0 Å². The lowest BCUT2D eigenvalue weighted by atomic mass is 9.99. The number of nitrogens with zero attached hydrogens (tertiary/aromatic N) is 2. The van der Waals surface area contributed by atoms with E-state index in [1.807, 2.05) is 24.0 Å². The Balaban J connectivity index is 2.12. The molecule has 0 bridgehead atoms. The van der Waals surface area contributed by atoms with Crippen molar-refractivity contribution in [3.63, 3.8) is 0 Å². The molecule has 0 spiro atoms. The molecule has 1 heterocycles. The summed E-state index contributed by atoms with van der Waals surface area (Å²) in [6.45, 7) is 5.30. The molecule has 1 aliphatic heterocycles. The number of carbonyl (C=O) groups is 2. The van der Waals surface area contributed by atoms with Gasteiger partial charge >= 0.3 is 5.97 Å². The molecule has 1 aliphatic rings. The Morgan fingerprint density at radius 1 is 1.09 bits per heavy atom. The third-order valence-corrected chi connectivity index (χ3v) is 4.11. The fourth-order valence-corrected chi connectivity index (χ4v) is 2.74. The van der Waals surface area contributed by atoms with Crippen LogP contribution in [0.3, 0.4) is 0 Å². The standard InChI is InChI=1S/C18H24N2O3/c1-3-4-16(13-17(21)22)14-5-7-15(8-6-14)18(23)20-11-9-19(2)10-12-20/h5-8,13H,3-4,9-12H2,1-2H3,(H,21,22)/b16-13+. The monoisotopic (exact) mass is 316 g/mol. The molecule has 124 valence electrons. The first-order chi connectivity index (χ1) is 11.0. The minimum absolute atomic E-state index is 0.0453. The zero-order valence-corrected chi connectivity index (χ0v) is 13.8. The number of aliphatic carboxylic acids is 1. The van der Waals surface area contributed by atoms with E-state index in [-0.39, 0.29) is 5.91 Å². The summed E-state index contributed by atoms with van der Waals surface area (Å²) in [5.41, 5.74) is 2.31. The summed E-state index contributed by atoms with van der Waals surface area (Å²) >= 11 is 0. The molecule has 23 heavy (non-hydrogen) atoms. The zero-order chi connectivity index (χ0) is 16.8. The minimum Gasteiger partial charge on any atom is -0.478 e. The van der Waals surface area contributed by atoms with Gasteiger partial charge in [-0.1, -0.05) is 25.5 Å².